The summed E-state index contributed by atoms with van der Waals surface area (Å²) in [4.78, 5) is 24.7. The molecule has 11 heteroatoms. The van der Waals surface area contributed by atoms with Gasteiger partial charge in [-0.3, -0.25) is 4.40 Å². The molecule has 0 unspecified atom stereocenters. The van der Waals surface area contributed by atoms with E-state index in [9.17, 15) is 18.0 Å². The minimum atomic E-state index is -5.08. The number of aliphatic carboxylic acids is 1. The molecule has 33 heavy (non-hydrogen) atoms. The summed E-state index contributed by atoms with van der Waals surface area (Å²) in [6.45, 7) is 5.74. The Labute approximate surface area is 187 Å². The molecule has 0 amide bonds. The van der Waals surface area contributed by atoms with E-state index in [-0.39, 0.29) is 12.2 Å². The summed E-state index contributed by atoms with van der Waals surface area (Å²) in [5, 5.41) is 7.12. The topological polar surface area (TPSA) is 99.4 Å². The molecule has 0 radical (unpaired) electrons. The van der Waals surface area contributed by atoms with Crippen molar-refractivity contribution in [3.63, 3.8) is 0 Å². The summed E-state index contributed by atoms with van der Waals surface area (Å²) in [6, 6.07) is 11.4. The fraction of sp³-hybridized carbons (Fsp3) is 0.318. The maximum atomic E-state index is 11.5. The summed E-state index contributed by atoms with van der Waals surface area (Å²) in [7, 11) is 1.33. The van der Waals surface area contributed by atoms with Crippen molar-refractivity contribution in [2.24, 2.45) is 0 Å². The van der Waals surface area contributed by atoms with E-state index < -0.39 is 18.1 Å². The number of esters is 1. The Morgan fingerprint density at radius 3 is 2.36 bits per heavy atom. The van der Waals surface area contributed by atoms with Crippen LogP contribution in [0.15, 0.2) is 48.8 Å². The van der Waals surface area contributed by atoms with E-state index >= 15 is 0 Å². The zero-order valence-corrected chi connectivity index (χ0v) is 18.3. The zero-order chi connectivity index (χ0) is 24.8. The molecule has 2 aromatic heterocycles. The number of imidazole rings is 1. The molecule has 0 atom stereocenters. The molecule has 0 aliphatic heterocycles. The van der Waals surface area contributed by atoms with Crippen LogP contribution in [0, 0.1) is 0 Å². The van der Waals surface area contributed by atoms with Crippen LogP contribution in [0.5, 0.6) is 11.5 Å². The summed E-state index contributed by atoms with van der Waals surface area (Å²) >= 11 is 0. The molecular formula is C22H23F3N2O6. The maximum absolute atomic E-state index is 11.5. The summed E-state index contributed by atoms with van der Waals surface area (Å²) in [6.07, 6.45) is -1.46. The first-order chi connectivity index (χ1) is 15.3. The third-order valence-electron chi connectivity index (χ3n) is 3.90. The second-order valence-electron chi connectivity index (χ2n) is 7.61. The van der Waals surface area contributed by atoms with Gasteiger partial charge in [0.05, 0.1) is 12.8 Å². The number of pyridine rings is 1. The number of methoxy groups -OCH3 is 1. The van der Waals surface area contributed by atoms with E-state index in [2.05, 4.69) is 9.72 Å². The van der Waals surface area contributed by atoms with E-state index in [0.717, 1.165) is 16.9 Å². The number of carboxylic acids is 1. The minimum absolute atomic E-state index is 0.178. The van der Waals surface area contributed by atoms with Gasteiger partial charge in [0.2, 0.25) is 0 Å². The molecule has 0 saturated heterocycles. The molecule has 178 valence electrons. The van der Waals surface area contributed by atoms with Crippen molar-refractivity contribution in [2.75, 3.05) is 13.7 Å². The first-order valence-corrected chi connectivity index (χ1v) is 9.57. The SMILES string of the molecule is COC(=O)COc1cc(OC(C)(C)C)ccc1-c1cccc2nccn12.O=C(O)C(F)(F)F. The van der Waals surface area contributed by atoms with Gasteiger partial charge in [-0.05, 0) is 45.0 Å². The normalized spacial score (nSPS) is 11.4. The number of rotatable bonds is 5. The van der Waals surface area contributed by atoms with Gasteiger partial charge in [-0.1, -0.05) is 6.07 Å². The van der Waals surface area contributed by atoms with Gasteiger partial charge in [0.15, 0.2) is 6.61 Å². The van der Waals surface area contributed by atoms with Crippen LogP contribution in [0.1, 0.15) is 20.8 Å². The average molecular weight is 468 g/mol. The number of hydrogen-bond acceptors (Lipinski definition) is 6. The van der Waals surface area contributed by atoms with Crippen LogP contribution < -0.4 is 9.47 Å². The molecule has 8 nitrogen and oxygen atoms in total. The first kappa shape index (κ1) is 25.5. The Morgan fingerprint density at radius 1 is 1.12 bits per heavy atom. The molecule has 2 heterocycles. The predicted octanol–water partition coefficient (Wildman–Crippen LogP) is 4.36. The minimum Gasteiger partial charge on any atom is -0.488 e. The third kappa shape index (κ3) is 7.41. The van der Waals surface area contributed by atoms with Gasteiger partial charge in [-0.15, -0.1) is 0 Å². The van der Waals surface area contributed by atoms with Gasteiger partial charge in [0.1, 0.15) is 22.7 Å². The van der Waals surface area contributed by atoms with Crippen molar-refractivity contribution in [1.82, 2.24) is 9.38 Å². The lowest BCUT2D eigenvalue weighted by molar-refractivity contribution is -0.192. The van der Waals surface area contributed by atoms with E-state index in [1.165, 1.54) is 7.11 Å². The highest BCUT2D eigenvalue weighted by atomic mass is 19.4. The number of nitrogens with zero attached hydrogens (tertiary/aromatic N) is 2. The lowest BCUT2D eigenvalue weighted by Crippen LogP contribution is -2.23. The van der Waals surface area contributed by atoms with Crippen LogP contribution in [0.2, 0.25) is 0 Å². The second-order valence-corrected chi connectivity index (χ2v) is 7.61. The molecule has 0 spiro atoms. The molecule has 0 bridgehead atoms. The van der Waals surface area contributed by atoms with Gasteiger partial charge in [-0.25, -0.2) is 14.6 Å². The van der Waals surface area contributed by atoms with Crippen molar-refractivity contribution >= 4 is 17.6 Å². The number of benzene rings is 1. The van der Waals surface area contributed by atoms with Crippen molar-refractivity contribution in [3.8, 4) is 22.8 Å². The lowest BCUT2D eigenvalue weighted by Gasteiger charge is -2.22. The number of ether oxygens (including phenoxy) is 3. The number of carboxylic acid groups (broad SMARTS) is 1. The molecule has 3 aromatic rings. The lowest BCUT2D eigenvalue weighted by atomic mass is 10.1. The smallest absolute Gasteiger partial charge is 0.488 e. The molecule has 0 aliphatic carbocycles. The Morgan fingerprint density at radius 2 is 1.79 bits per heavy atom. The molecule has 1 aromatic carbocycles. The van der Waals surface area contributed by atoms with Gasteiger partial charge < -0.3 is 19.3 Å². The van der Waals surface area contributed by atoms with Gasteiger partial charge in [0.25, 0.3) is 0 Å². The molecule has 1 N–H and O–H groups in total. The molecule has 0 fully saturated rings. The van der Waals surface area contributed by atoms with Crippen molar-refractivity contribution in [3.05, 3.63) is 48.8 Å². The number of alkyl halides is 3. The first-order valence-electron chi connectivity index (χ1n) is 9.57. The highest BCUT2D eigenvalue weighted by Gasteiger charge is 2.38. The van der Waals surface area contributed by atoms with Crippen LogP contribution in [0.4, 0.5) is 13.2 Å². The Balaban J connectivity index is 0.000000479. The highest BCUT2D eigenvalue weighted by Crippen LogP contribution is 2.35. The summed E-state index contributed by atoms with van der Waals surface area (Å²) in [5.41, 5.74) is 2.23. The standard InChI is InChI=1S/C20H22N2O4.C2HF3O2/c1-20(2,3)26-14-8-9-15(17(12-14)25-13-19(23)24-4)16-6-5-7-18-21-10-11-22(16)18;3-2(4,5)1(6)7/h5-12H,13H2,1-4H3;(H,6,7). The maximum Gasteiger partial charge on any atom is 0.490 e. The number of halogens is 3. The second kappa shape index (κ2) is 10.2. The van der Waals surface area contributed by atoms with E-state index in [4.69, 9.17) is 19.4 Å². The molecular weight excluding hydrogens is 445 g/mol. The quantitative estimate of drug-likeness (QED) is 0.556. The summed E-state index contributed by atoms with van der Waals surface area (Å²) in [5.74, 6) is -2.00. The van der Waals surface area contributed by atoms with Crippen molar-refractivity contribution in [2.45, 2.75) is 32.5 Å². The Kier molecular flexibility index (Phi) is 7.91. The van der Waals surface area contributed by atoms with Gasteiger partial charge in [0, 0.05) is 24.0 Å². The fourth-order valence-corrected chi connectivity index (χ4v) is 2.61. The Hall–Kier alpha value is -3.76. The Bertz CT molecular complexity index is 1120. The highest BCUT2D eigenvalue weighted by molar-refractivity contribution is 5.74. The third-order valence-corrected chi connectivity index (χ3v) is 3.90. The van der Waals surface area contributed by atoms with Crippen LogP contribution in [0.25, 0.3) is 16.9 Å². The van der Waals surface area contributed by atoms with E-state index in [1.54, 1.807) is 12.3 Å². The monoisotopic (exact) mass is 468 g/mol. The largest absolute Gasteiger partial charge is 0.490 e. The van der Waals surface area contributed by atoms with Crippen LogP contribution in [0.3, 0.4) is 0 Å². The molecule has 0 aliphatic rings. The molecule has 3 rings (SSSR count). The van der Waals surface area contributed by atoms with Gasteiger partial charge >= 0.3 is 18.1 Å². The number of carbonyl (C=O) groups is 2. The van der Waals surface area contributed by atoms with Crippen LogP contribution >= 0.6 is 0 Å². The summed E-state index contributed by atoms with van der Waals surface area (Å²) < 4.78 is 50.0. The number of hydrogen-bond donors (Lipinski definition) is 1. The zero-order valence-electron chi connectivity index (χ0n) is 18.3. The van der Waals surface area contributed by atoms with E-state index in [1.807, 2.05) is 61.7 Å². The molecule has 0 saturated carbocycles. The van der Waals surface area contributed by atoms with Crippen LogP contribution in [-0.2, 0) is 14.3 Å². The van der Waals surface area contributed by atoms with E-state index in [0.29, 0.717) is 11.5 Å². The fourth-order valence-electron chi connectivity index (χ4n) is 2.61. The van der Waals surface area contributed by atoms with Crippen molar-refractivity contribution in [1.29, 1.82) is 0 Å². The van der Waals surface area contributed by atoms with Crippen LogP contribution in [-0.4, -0.2) is 51.9 Å². The average Bonchev–Trinajstić information content (AvgIpc) is 3.20. The van der Waals surface area contributed by atoms with Gasteiger partial charge in [-0.2, -0.15) is 13.2 Å². The van der Waals surface area contributed by atoms with Crippen molar-refractivity contribution < 1.29 is 42.1 Å². The number of fused-ring (bicyclic) bond motifs is 1. The number of aromatic nitrogens is 2. The number of carbonyl (C=O) groups excluding carboxylic acids is 1. The predicted molar refractivity (Wildman–Crippen MR) is 112 cm³/mol.